The lowest BCUT2D eigenvalue weighted by Gasteiger charge is -2.21. The Kier molecular flexibility index (Phi) is 4.17. The largest absolute Gasteiger partial charge is 0.391 e. The third kappa shape index (κ3) is 2.50. The summed E-state index contributed by atoms with van der Waals surface area (Å²) in [6.07, 6.45) is 4.71. The molecule has 3 N–H and O–H groups in total. The molecule has 0 spiro atoms. The Labute approximate surface area is 113 Å². The second kappa shape index (κ2) is 5.49. The number of hydrogen-bond donors (Lipinski definition) is 2. The van der Waals surface area contributed by atoms with Crippen LogP contribution in [0.25, 0.3) is 0 Å². The number of nitrogens with zero attached hydrogens (tertiary/aromatic N) is 2. The molecule has 2 atom stereocenters. The number of aliphatic hydroxyl groups excluding tert-OH is 1. The van der Waals surface area contributed by atoms with Crippen molar-refractivity contribution in [2.24, 2.45) is 0 Å². The molecule has 2 rings (SSSR count). The highest BCUT2D eigenvalue weighted by Crippen LogP contribution is 2.35. The molecule has 0 bridgehead atoms. The molecule has 1 heterocycles. The van der Waals surface area contributed by atoms with E-state index in [0.29, 0.717) is 10.8 Å². The molecular formula is C13H22ClN3O. The van der Waals surface area contributed by atoms with E-state index in [-0.39, 0.29) is 18.1 Å². The number of nitrogen functional groups attached to an aromatic ring is 1. The van der Waals surface area contributed by atoms with Crippen LogP contribution < -0.4 is 5.73 Å². The summed E-state index contributed by atoms with van der Waals surface area (Å²) < 4.78 is 1.74. The van der Waals surface area contributed by atoms with E-state index in [1.807, 2.05) is 13.8 Å². The van der Waals surface area contributed by atoms with Crippen molar-refractivity contribution in [2.75, 3.05) is 5.73 Å². The van der Waals surface area contributed by atoms with Crippen molar-refractivity contribution < 1.29 is 5.11 Å². The number of rotatable bonds is 2. The monoisotopic (exact) mass is 271 g/mol. The van der Waals surface area contributed by atoms with Crippen LogP contribution in [-0.4, -0.2) is 21.0 Å². The van der Waals surface area contributed by atoms with Gasteiger partial charge in [0.15, 0.2) is 0 Å². The Bertz CT molecular complexity index is 417. The Morgan fingerprint density at radius 3 is 2.61 bits per heavy atom. The quantitative estimate of drug-likeness (QED) is 0.813. The summed E-state index contributed by atoms with van der Waals surface area (Å²) in [6.45, 7) is 4.09. The molecule has 5 heteroatoms. The van der Waals surface area contributed by atoms with Crippen LogP contribution in [0.5, 0.6) is 0 Å². The van der Waals surface area contributed by atoms with E-state index < -0.39 is 0 Å². The SMILES string of the molecule is CC(C)c1nn(C2CCCCCC2O)c(N)c1Cl. The summed E-state index contributed by atoms with van der Waals surface area (Å²) in [5.74, 6) is 0.732. The average molecular weight is 272 g/mol. The zero-order chi connectivity index (χ0) is 13.3. The molecule has 18 heavy (non-hydrogen) atoms. The van der Waals surface area contributed by atoms with Gasteiger partial charge >= 0.3 is 0 Å². The van der Waals surface area contributed by atoms with Crippen molar-refractivity contribution in [1.29, 1.82) is 0 Å². The van der Waals surface area contributed by atoms with Gasteiger partial charge in [0.1, 0.15) is 10.8 Å². The molecule has 1 aromatic heterocycles. The maximum absolute atomic E-state index is 10.2. The van der Waals surface area contributed by atoms with E-state index in [4.69, 9.17) is 17.3 Å². The summed E-state index contributed by atoms with van der Waals surface area (Å²) in [5, 5.41) is 15.3. The highest BCUT2D eigenvalue weighted by molar-refractivity contribution is 6.33. The van der Waals surface area contributed by atoms with Gasteiger partial charge in [-0.3, -0.25) is 0 Å². The smallest absolute Gasteiger partial charge is 0.141 e. The molecule has 2 unspecified atom stereocenters. The minimum Gasteiger partial charge on any atom is -0.391 e. The van der Waals surface area contributed by atoms with Crippen molar-refractivity contribution >= 4 is 17.4 Å². The van der Waals surface area contributed by atoms with E-state index >= 15 is 0 Å². The molecule has 4 nitrogen and oxygen atoms in total. The van der Waals surface area contributed by atoms with Gasteiger partial charge in [-0.15, -0.1) is 0 Å². The van der Waals surface area contributed by atoms with Crippen LogP contribution in [0.4, 0.5) is 5.82 Å². The molecule has 1 aliphatic carbocycles. The number of nitrogens with two attached hydrogens (primary N) is 1. The standard InChI is InChI=1S/C13H22ClN3O/c1-8(2)12-11(14)13(15)17(16-12)9-6-4-3-5-7-10(9)18/h8-10,18H,3-7,15H2,1-2H3. The Morgan fingerprint density at radius 2 is 2.00 bits per heavy atom. The fraction of sp³-hybridized carbons (Fsp3) is 0.769. The lowest BCUT2D eigenvalue weighted by atomic mass is 10.1. The fourth-order valence-corrected chi connectivity index (χ4v) is 2.96. The van der Waals surface area contributed by atoms with Crippen LogP contribution in [0, 0.1) is 0 Å². The Hall–Kier alpha value is -0.740. The fourth-order valence-electron chi connectivity index (χ4n) is 2.62. The van der Waals surface area contributed by atoms with Gasteiger partial charge in [0.25, 0.3) is 0 Å². The third-order valence-corrected chi connectivity index (χ3v) is 4.10. The van der Waals surface area contributed by atoms with E-state index in [1.54, 1.807) is 4.68 Å². The van der Waals surface area contributed by atoms with Gasteiger partial charge in [-0.1, -0.05) is 44.7 Å². The molecule has 0 saturated heterocycles. The molecule has 0 aliphatic heterocycles. The normalized spacial score (nSPS) is 25.4. The molecule has 1 fully saturated rings. The molecule has 0 aromatic carbocycles. The highest BCUT2D eigenvalue weighted by atomic mass is 35.5. The van der Waals surface area contributed by atoms with Gasteiger partial charge in [-0.2, -0.15) is 5.10 Å². The van der Waals surface area contributed by atoms with E-state index in [9.17, 15) is 5.11 Å². The first kappa shape index (κ1) is 13.7. The number of halogens is 1. The second-order valence-corrected chi connectivity index (χ2v) is 5.83. The lowest BCUT2D eigenvalue weighted by molar-refractivity contribution is 0.0999. The van der Waals surface area contributed by atoms with Gasteiger partial charge in [0.2, 0.25) is 0 Å². The molecule has 0 radical (unpaired) electrons. The molecule has 1 aliphatic rings. The maximum atomic E-state index is 10.2. The molecule has 1 saturated carbocycles. The summed E-state index contributed by atoms with van der Waals surface area (Å²) in [4.78, 5) is 0. The molecular weight excluding hydrogens is 250 g/mol. The number of hydrogen-bond acceptors (Lipinski definition) is 3. The summed E-state index contributed by atoms with van der Waals surface area (Å²) in [6, 6.07) is -0.0301. The number of anilines is 1. The summed E-state index contributed by atoms with van der Waals surface area (Å²) in [7, 11) is 0. The first-order valence-corrected chi connectivity index (χ1v) is 7.11. The minimum absolute atomic E-state index is 0.0301. The molecule has 0 amide bonds. The summed E-state index contributed by atoms with van der Waals surface area (Å²) in [5.41, 5.74) is 6.87. The van der Waals surface area contributed by atoms with Crippen molar-refractivity contribution in [3.63, 3.8) is 0 Å². The highest BCUT2D eigenvalue weighted by Gasteiger charge is 2.28. The Morgan fingerprint density at radius 1 is 1.33 bits per heavy atom. The van der Waals surface area contributed by atoms with Gasteiger partial charge in [-0.25, -0.2) is 4.68 Å². The van der Waals surface area contributed by atoms with E-state index in [1.165, 1.54) is 6.42 Å². The van der Waals surface area contributed by atoms with Crippen molar-refractivity contribution in [2.45, 2.75) is 64.0 Å². The Balaban J connectivity index is 2.34. The topological polar surface area (TPSA) is 64.1 Å². The zero-order valence-electron chi connectivity index (χ0n) is 11.1. The lowest BCUT2D eigenvalue weighted by Crippen LogP contribution is -2.25. The predicted octanol–water partition coefficient (Wildman–Crippen LogP) is 3.11. The van der Waals surface area contributed by atoms with Crippen LogP contribution in [0.2, 0.25) is 5.02 Å². The van der Waals surface area contributed by atoms with Gasteiger partial charge in [-0.05, 0) is 18.8 Å². The average Bonchev–Trinajstić information content (AvgIpc) is 2.51. The predicted molar refractivity (Wildman–Crippen MR) is 73.9 cm³/mol. The second-order valence-electron chi connectivity index (χ2n) is 5.46. The van der Waals surface area contributed by atoms with E-state index in [0.717, 1.165) is 31.4 Å². The first-order chi connectivity index (χ1) is 8.52. The van der Waals surface area contributed by atoms with Crippen molar-refractivity contribution in [1.82, 2.24) is 9.78 Å². The number of aromatic nitrogens is 2. The van der Waals surface area contributed by atoms with Gasteiger partial charge in [0, 0.05) is 0 Å². The molecule has 1 aromatic rings. The van der Waals surface area contributed by atoms with Crippen LogP contribution in [0.15, 0.2) is 0 Å². The molecule has 102 valence electrons. The van der Waals surface area contributed by atoms with Crippen LogP contribution in [0.3, 0.4) is 0 Å². The van der Waals surface area contributed by atoms with Crippen LogP contribution >= 0.6 is 11.6 Å². The maximum Gasteiger partial charge on any atom is 0.141 e. The third-order valence-electron chi connectivity index (χ3n) is 3.72. The van der Waals surface area contributed by atoms with E-state index in [2.05, 4.69) is 5.10 Å². The number of aliphatic hydroxyl groups is 1. The minimum atomic E-state index is -0.370. The van der Waals surface area contributed by atoms with Crippen molar-refractivity contribution in [3.8, 4) is 0 Å². The van der Waals surface area contributed by atoms with Crippen LogP contribution in [0.1, 0.15) is 63.6 Å². The first-order valence-electron chi connectivity index (χ1n) is 6.73. The van der Waals surface area contributed by atoms with Gasteiger partial charge in [0.05, 0.1) is 17.8 Å². The van der Waals surface area contributed by atoms with Gasteiger partial charge < -0.3 is 10.8 Å². The van der Waals surface area contributed by atoms with Crippen molar-refractivity contribution in [3.05, 3.63) is 10.7 Å². The summed E-state index contributed by atoms with van der Waals surface area (Å²) >= 11 is 6.23. The van der Waals surface area contributed by atoms with Crippen LogP contribution in [-0.2, 0) is 0 Å². The zero-order valence-corrected chi connectivity index (χ0v) is 11.8.